The fourth-order valence-corrected chi connectivity index (χ4v) is 3.23. The van der Waals surface area contributed by atoms with Gasteiger partial charge in [0.05, 0.1) is 28.4 Å². The van der Waals surface area contributed by atoms with Crippen LogP contribution in [0.25, 0.3) is 0 Å². The minimum Gasteiger partial charge on any atom is -0.488 e. The van der Waals surface area contributed by atoms with E-state index in [9.17, 15) is 27.2 Å². The minimum absolute atomic E-state index is 0.0624. The lowest BCUT2D eigenvalue weighted by atomic mass is 10.1. The number of halogens is 5. The second-order valence-electron chi connectivity index (χ2n) is 6.12. The molecule has 2 aromatic rings. The first kappa shape index (κ1) is 22.3. The molecule has 7 nitrogen and oxygen atoms in total. The van der Waals surface area contributed by atoms with E-state index in [0.29, 0.717) is 11.0 Å². The molecular weight excluding hydrogens is 537 g/mol. The number of nitriles is 2. The molecule has 0 aliphatic carbocycles. The lowest BCUT2D eigenvalue weighted by molar-refractivity contribution is -0.137. The van der Waals surface area contributed by atoms with Gasteiger partial charge in [-0.05, 0) is 52.9 Å². The number of carbonyl (C=O) groups excluding carboxylic acids is 2. The molecule has 1 aliphatic heterocycles. The number of imide groups is 1. The van der Waals surface area contributed by atoms with Crippen LogP contribution in [-0.2, 0) is 15.7 Å². The van der Waals surface area contributed by atoms with Crippen molar-refractivity contribution in [3.05, 3.63) is 58.9 Å². The fraction of sp³-hybridized carbons (Fsp3) is 0.158. The van der Waals surface area contributed by atoms with E-state index in [0.717, 1.165) is 24.3 Å². The molecule has 2 amide bonds. The number of ether oxygens (including phenoxy) is 2. The average Bonchev–Trinajstić information content (AvgIpc) is 2.94. The van der Waals surface area contributed by atoms with Gasteiger partial charge >= 0.3 is 12.3 Å². The molecule has 1 atom stereocenters. The number of hydrogen-bond donors (Lipinski definition) is 0. The Kier molecular flexibility index (Phi) is 5.78. The molecule has 0 radical (unpaired) electrons. The summed E-state index contributed by atoms with van der Waals surface area (Å²) in [5, 5.41) is 17.6. The van der Waals surface area contributed by atoms with E-state index in [1.165, 1.54) is 34.7 Å². The molecule has 0 bridgehead atoms. The van der Waals surface area contributed by atoms with Crippen molar-refractivity contribution in [3.8, 4) is 17.9 Å². The summed E-state index contributed by atoms with van der Waals surface area (Å²) in [6, 6.07) is 8.67. The highest BCUT2D eigenvalue weighted by molar-refractivity contribution is 14.1. The van der Waals surface area contributed by atoms with E-state index in [4.69, 9.17) is 20.0 Å². The standard InChI is InChI=1S/C19H8F4IN3O4/c20-15-6-13(4-2-11(15)8-26)30-9-18(24)16(28)27(17(29)31-18)12-3-1-10(7-25)14(5-12)19(21,22)23/h1-6H,9H2. The summed E-state index contributed by atoms with van der Waals surface area (Å²) in [5.41, 5.74) is -2.66. The number of anilines is 1. The number of hydrogen-bond acceptors (Lipinski definition) is 6. The smallest absolute Gasteiger partial charge is 0.423 e. The molecule has 1 unspecified atom stereocenters. The third-order valence-electron chi connectivity index (χ3n) is 4.13. The van der Waals surface area contributed by atoms with E-state index in [1.54, 1.807) is 6.07 Å². The zero-order valence-corrected chi connectivity index (χ0v) is 17.2. The molecular formula is C19H8F4IN3O4. The summed E-state index contributed by atoms with van der Waals surface area (Å²) >= 11 is 1.46. The largest absolute Gasteiger partial charge is 0.488 e. The normalized spacial score (nSPS) is 18.4. The van der Waals surface area contributed by atoms with Crippen LogP contribution in [0.1, 0.15) is 16.7 Å². The van der Waals surface area contributed by atoms with Crippen LogP contribution in [0.15, 0.2) is 36.4 Å². The molecule has 3 rings (SSSR count). The number of cyclic esters (lactones) is 1. The molecule has 1 saturated heterocycles. The lowest BCUT2D eigenvalue weighted by Gasteiger charge is -2.19. The summed E-state index contributed by atoms with van der Waals surface area (Å²) in [6.45, 7) is -0.581. The third kappa shape index (κ3) is 4.25. The van der Waals surface area contributed by atoms with Crippen molar-refractivity contribution in [1.29, 1.82) is 10.5 Å². The summed E-state index contributed by atoms with van der Waals surface area (Å²) < 4.78 is 61.6. The molecule has 1 fully saturated rings. The predicted molar refractivity (Wildman–Crippen MR) is 103 cm³/mol. The minimum atomic E-state index is -4.89. The summed E-state index contributed by atoms with van der Waals surface area (Å²) in [5.74, 6) is -1.95. The summed E-state index contributed by atoms with van der Waals surface area (Å²) in [6.07, 6.45) is -6.13. The van der Waals surface area contributed by atoms with Gasteiger partial charge in [-0.3, -0.25) is 4.79 Å². The zero-order chi connectivity index (χ0) is 23.0. The Morgan fingerprint density at radius 2 is 1.74 bits per heavy atom. The van der Waals surface area contributed by atoms with Gasteiger partial charge < -0.3 is 9.47 Å². The van der Waals surface area contributed by atoms with Gasteiger partial charge in [0.25, 0.3) is 9.51 Å². The highest BCUT2D eigenvalue weighted by Crippen LogP contribution is 2.39. The fourth-order valence-electron chi connectivity index (χ4n) is 2.65. The molecule has 2 aromatic carbocycles. The van der Waals surface area contributed by atoms with Gasteiger partial charge in [-0.2, -0.15) is 23.7 Å². The molecule has 158 valence electrons. The Balaban J connectivity index is 1.86. The number of nitrogens with zero attached hydrogens (tertiary/aromatic N) is 3. The highest BCUT2D eigenvalue weighted by Gasteiger charge is 2.54. The Morgan fingerprint density at radius 3 is 2.32 bits per heavy atom. The second-order valence-corrected chi connectivity index (χ2v) is 7.86. The first-order chi connectivity index (χ1) is 14.5. The van der Waals surface area contributed by atoms with Crippen LogP contribution in [0.3, 0.4) is 0 Å². The molecule has 1 aliphatic rings. The Bertz CT molecular complexity index is 1170. The first-order valence-electron chi connectivity index (χ1n) is 8.20. The van der Waals surface area contributed by atoms with E-state index in [1.807, 2.05) is 0 Å². The van der Waals surface area contributed by atoms with Gasteiger partial charge in [-0.25, -0.2) is 14.1 Å². The van der Waals surface area contributed by atoms with Crippen LogP contribution < -0.4 is 9.64 Å². The van der Waals surface area contributed by atoms with Gasteiger partial charge in [0.15, 0.2) is 0 Å². The maximum atomic E-state index is 13.7. The number of rotatable bonds is 4. The van der Waals surface area contributed by atoms with Crippen LogP contribution in [0.5, 0.6) is 5.75 Å². The van der Waals surface area contributed by atoms with Crippen LogP contribution in [0.2, 0.25) is 0 Å². The quantitative estimate of drug-likeness (QED) is 0.323. The van der Waals surface area contributed by atoms with Crippen LogP contribution in [0, 0.1) is 28.5 Å². The molecule has 0 aromatic heterocycles. The van der Waals surface area contributed by atoms with Crippen LogP contribution >= 0.6 is 22.6 Å². The molecule has 12 heteroatoms. The predicted octanol–water partition coefficient (Wildman–Crippen LogP) is 4.28. The van der Waals surface area contributed by atoms with Crippen LogP contribution in [0.4, 0.5) is 28.0 Å². The molecule has 0 saturated carbocycles. The van der Waals surface area contributed by atoms with Gasteiger partial charge in [0.1, 0.15) is 24.2 Å². The van der Waals surface area contributed by atoms with Crippen molar-refractivity contribution < 1.29 is 36.6 Å². The van der Waals surface area contributed by atoms with E-state index >= 15 is 0 Å². The summed E-state index contributed by atoms with van der Waals surface area (Å²) in [4.78, 5) is 25.4. The number of alkyl halides is 4. The van der Waals surface area contributed by atoms with Crippen molar-refractivity contribution in [2.75, 3.05) is 11.5 Å². The lowest BCUT2D eigenvalue weighted by Crippen LogP contribution is -2.40. The number of benzene rings is 2. The highest BCUT2D eigenvalue weighted by atomic mass is 127. The van der Waals surface area contributed by atoms with Gasteiger partial charge in [-0.1, -0.05) is 0 Å². The van der Waals surface area contributed by atoms with Crippen molar-refractivity contribution in [3.63, 3.8) is 0 Å². The molecule has 0 N–H and O–H groups in total. The summed E-state index contributed by atoms with van der Waals surface area (Å²) in [7, 11) is 0. The SMILES string of the molecule is N#Cc1ccc(OCC2(I)OC(=O)N(c3ccc(C#N)c(C(F)(F)F)c3)C2=O)cc1F. The van der Waals surface area contributed by atoms with E-state index in [2.05, 4.69) is 0 Å². The first-order valence-corrected chi connectivity index (χ1v) is 9.28. The maximum absolute atomic E-state index is 13.7. The molecule has 0 spiro atoms. The van der Waals surface area contributed by atoms with E-state index in [-0.39, 0.29) is 11.3 Å². The number of carbonyl (C=O) groups is 2. The third-order valence-corrected chi connectivity index (χ3v) is 5.12. The van der Waals surface area contributed by atoms with Crippen molar-refractivity contribution in [2.24, 2.45) is 0 Å². The van der Waals surface area contributed by atoms with Gasteiger partial charge in [-0.15, -0.1) is 0 Å². The molecule has 1 heterocycles. The Morgan fingerprint density at radius 1 is 1.10 bits per heavy atom. The maximum Gasteiger partial charge on any atom is 0.423 e. The Labute approximate surface area is 185 Å². The zero-order valence-electron chi connectivity index (χ0n) is 15.0. The van der Waals surface area contributed by atoms with Crippen LogP contribution in [-0.4, -0.2) is 22.2 Å². The van der Waals surface area contributed by atoms with Crippen molar-refractivity contribution >= 4 is 40.3 Å². The van der Waals surface area contributed by atoms with E-state index < -0.39 is 51.0 Å². The second kappa shape index (κ2) is 8.03. The Hall–Kier alpha value is -3.39. The topological polar surface area (TPSA) is 103 Å². The molecule has 31 heavy (non-hydrogen) atoms. The monoisotopic (exact) mass is 545 g/mol. The van der Waals surface area contributed by atoms with Crippen molar-refractivity contribution in [1.82, 2.24) is 0 Å². The van der Waals surface area contributed by atoms with Gasteiger partial charge in [0, 0.05) is 6.07 Å². The van der Waals surface area contributed by atoms with Crippen molar-refractivity contribution in [2.45, 2.75) is 9.78 Å². The average molecular weight is 545 g/mol. The van der Waals surface area contributed by atoms with Gasteiger partial charge in [0.2, 0.25) is 0 Å². The number of amides is 2.